The summed E-state index contributed by atoms with van der Waals surface area (Å²) in [5, 5.41) is 2.91. The maximum absolute atomic E-state index is 12.7. The number of amides is 1. The molecule has 158 valence electrons. The highest BCUT2D eigenvalue weighted by atomic mass is 79.9. The number of ether oxygens (including phenoxy) is 2. The molecule has 0 heterocycles. The van der Waals surface area contributed by atoms with Gasteiger partial charge in [0.15, 0.2) is 11.5 Å². The lowest BCUT2D eigenvalue weighted by Crippen LogP contribution is -2.41. The number of nitrogens with one attached hydrogen (secondary N) is 1. The summed E-state index contributed by atoms with van der Waals surface area (Å²) < 4.78 is 36.9. The Balaban J connectivity index is 2.22. The van der Waals surface area contributed by atoms with E-state index in [-0.39, 0.29) is 12.6 Å². The van der Waals surface area contributed by atoms with Crippen molar-refractivity contribution in [1.29, 1.82) is 0 Å². The van der Waals surface area contributed by atoms with Gasteiger partial charge in [-0.1, -0.05) is 35.0 Å². The molecule has 0 spiro atoms. The summed E-state index contributed by atoms with van der Waals surface area (Å²) in [6, 6.07) is 11.9. The van der Waals surface area contributed by atoms with E-state index < -0.39 is 15.9 Å². The molecule has 0 bridgehead atoms. The quantitative estimate of drug-likeness (QED) is 0.588. The van der Waals surface area contributed by atoms with Crippen LogP contribution in [0.2, 0.25) is 0 Å². The van der Waals surface area contributed by atoms with Gasteiger partial charge >= 0.3 is 0 Å². The highest BCUT2D eigenvalue weighted by Crippen LogP contribution is 2.31. The van der Waals surface area contributed by atoms with E-state index in [1.165, 1.54) is 0 Å². The minimum atomic E-state index is -3.64. The zero-order chi connectivity index (χ0) is 21.6. The minimum Gasteiger partial charge on any atom is -0.493 e. The summed E-state index contributed by atoms with van der Waals surface area (Å²) in [6.45, 7) is 1.61. The molecular formula is C20H25BrN2O5S. The first kappa shape index (κ1) is 23.0. The first-order chi connectivity index (χ1) is 13.7. The third kappa shape index (κ3) is 6.11. The van der Waals surface area contributed by atoms with Crippen molar-refractivity contribution in [2.24, 2.45) is 0 Å². The van der Waals surface area contributed by atoms with Crippen molar-refractivity contribution >= 4 is 37.5 Å². The highest BCUT2D eigenvalue weighted by Gasteiger charge is 2.23. The van der Waals surface area contributed by atoms with E-state index >= 15 is 0 Å². The first-order valence-electron chi connectivity index (χ1n) is 8.94. The van der Waals surface area contributed by atoms with Crippen molar-refractivity contribution in [3.63, 3.8) is 0 Å². The molecule has 1 N–H and O–H groups in total. The van der Waals surface area contributed by atoms with Gasteiger partial charge in [-0.3, -0.25) is 9.10 Å². The second kappa shape index (κ2) is 9.98. The minimum absolute atomic E-state index is 0.300. The molecular weight excluding hydrogens is 460 g/mol. The van der Waals surface area contributed by atoms with Crippen LogP contribution in [0.4, 0.5) is 5.69 Å². The number of benzene rings is 2. The number of halogens is 1. The number of methoxy groups -OCH3 is 2. The van der Waals surface area contributed by atoms with Gasteiger partial charge in [-0.05, 0) is 42.3 Å². The standard InChI is InChI=1S/C20H25BrN2O5S/c1-5-17(14-9-10-18(27-2)19(11-14)28-3)22-20(24)13-23(29(4,25)26)16-8-6-7-15(21)12-16/h6-12,17H,5,13H2,1-4H3,(H,22,24). The van der Waals surface area contributed by atoms with E-state index in [1.54, 1.807) is 50.6 Å². The smallest absolute Gasteiger partial charge is 0.241 e. The van der Waals surface area contributed by atoms with Crippen molar-refractivity contribution in [1.82, 2.24) is 5.32 Å². The summed E-state index contributed by atoms with van der Waals surface area (Å²) in [5.74, 6) is 0.747. The van der Waals surface area contributed by atoms with Crippen LogP contribution in [0.3, 0.4) is 0 Å². The molecule has 7 nitrogen and oxygen atoms in total. The first-order valence-corrected chi connectivity index (χ1v) is 11.6. The number of hydrogen-bond acceptors (Lipinski definition) is 5. The van der Waals surface area contributed by atoms with Crippen LogP contribution in [0.25, 0.3) is 0 Å². The molecule has 0 radical (unpaired) electrons. The Morgan fingerprint density at radius 2 is 1.83 bits per heavy atom. The van der Waals surface area contributed by atoms with Crippen molar-refractivity contribution in [3.05, 3.63) is 52.5 Å². The third-order valence-electron chi connectivity index (χ3n) is 4.34. The zero-order valence-electron chi connectivity index (χ0n) is 16.8. The van der Waals surface area contributed by atoms with Gasteiger partial charge in [-0.25, -0.2) is 8.42 Å². The van der Waals surface area contributed by atoms with E-state index in [9.17, 15) is 13.2 Å². The molecule has 2 rings (SSSR count). The molecule has 9 heteroatoms. The predicted octanol–water partition coefficient (Wildman–Crippen LogP) is 3.50. The SMILES string of the molecule is CCC(NC(=O)CN(c1cccc(Br)c1)S(C)(=O)=O)c1ccc(OC)c(OC)c1. The fourth-order valence-corrected chi connectivity index (χ4v) is 4.13. The van der Waals surface area contributed by atoms with Gasteiger partial charge in [0.05, 0.1) is 32.2 Å². The average molecular weight is 485 g/mol. The van der Waals surface area contributed by atoms with Gasteiger partial charge in [0.2, 0.25) is 15.9 Å². The van der Waals surface area contributed by atoms with Gasteiger partial charge in [-0.2, -0.15) is 0 Å². The Kier molecular flexibility index (Phi) is 7.92. The Bertz CT molecular complexity index is 965. The van der Waals surface area contributed by atoms with Crippen LogP contribution in [0.1, 0.15) is 24.9 Å². The molecule has 2 aromatic rings. The number of rotatable bonds is 9. The van der Waals surface area contributed by atoms with Crippen LogP contribution in [0.5, 0.6) is 11.5 Å². The maximum Gasteiger partial charge on any atom is 0.241 e. The van der Waals surface area contributed by atoms with Crippen LogP contribution in [-0.2, 0) is 14.8 Å². The number of anilines is 1. The van der Waals surface area contributed by atoms with Gasteiger partial charge in [0.1, 0.15) is 6.54 Å². The molecule has 2 aromatic carbocycles. The van der Waals surface area contributed by atoms with E-state index in [1.807, 2.05) is 13.0 Å². The molecule has 1 amide bonds. The molecule has 29 heavy (non-hydrogen) atoms. The second-order valence-electron chi connectivity index (χ2n) is 6.39. The molecule has 0 saturated carbocycles. The van der Waals surface area contributed by atoms with Gasteiger partial charge in [0.25, 0.3) is 0 Å². The van der Waals surface area contributed by atoms with Crippen molar-refractivity contribution < 1.29 is 22.7 Å². The lowest BCUT2D eigenvalue weighted by atomic mass is 10.0. The van der Waals surface area contributed by atoms with E-state index in [0.717, 1.165) is 20.6 Å². The Morgan fingerprint density at radius 1 is 1.14 bits per heavy atom. The lowest BCUT2D eigenvalue weighted by Gasteiger charge is -2.24. The largest absolute Gasteiger partial charge is 0.493 e. The van der Waals surface area contributed by atoms with Gasteiger partial charge in [0, 0.05) is 4.47 Å². The van der Waals surface area contributed by atoms with Crippen molar-refractivity contribution in [2.45, 2.75) is 19.4 Å². The fourth-order valence-electron chi connectivity index (χ4n) is 2.89. The van der Waals surface area contributed by atoms with E-state index in [2.05, 4.69) is 21.2 Å². The summed E-state index contributed by atoms with van der Waals surface area (Å²) >= 11 is 3.33. The summed E-state index contributed by atoms with van der Waals surface area (Å²) in [7, 11) is -0.543. The number of carbonyl (C=O) groups excluding carboxylic acids is 1. The zero-order valence-corrected chi connectivity index (χ0v) is 19.2. The lowest BCUT2D eigenvalue weighted by molar-refractivity contribution is -0.120. The average Bonchev–Trinajstić information content (AvgIpc) is 2.68. The van der Waals surface area contributed by atoms with Crippen LogP contribution < -0.4 is 19.1 Å². The summed E-state index contributed by atoms with van der Waals surface area (Å²) in [5.41, 5.74) is 1.25. The Labute approximate surface area is 180 Å². The molecule has 1 atom stereocenters. The van der Waals surface area contributed by atoms with Gasteiger partial charge in [-0.15, -0.1) is 0 Å². The van der Waals surface area contributed by atoms with Crippen molar-refractivity contribution in [3.8, 4) is 11.5 Å². The monoisotopic (exact) mass is 484 g/mol. The molecule has 0 fully saturated rings. The summed E-state index contributed by atoms with van der Waals surface area (Å²) in [6.07, 6.45) is 1.70. The Hall–Kier alpha value is -2.26. The van der Waals surface area contributed by atoms with Crippen LogP contribution in [-0.4, -0.2) is 41.3 Å². The summed E-state index contributed by atoms with van der Waals surface area (Å²) in [4.78, 5) is 12.7. The third-order valence-corrected chi connectivity index (χ3v) is 5.97. The topological polar surface area (TPSA) is 84.9 Å². The Morgan fingerprint density at radius 3 is 2.38 bits per heavy atom. The maximum atomic E-state index is 12.7. The normalized spacial score (nSPS) is 12.2. The van der Waals surface area contributed by atoms with Crippen LogP contribution in [0, 0.1) is 0 Å². The molecule has 0 aliphatic heterocycles. The number of hydrogen-bond donors (Lipinski definition) is 1. The molecule has 0 saturated heterocycles. The highest BCUT2D eigenvalue weighted by molar-refractivity contribution is 9.10. The number of carbonyl (C=O) groups is 1. The van der Waals surface area contributed by atoms with Crippen LogP contribution >= 0.6 is 15.9 Å². The molecule has 0 aliphatic carbocycles. The van der Waals surface area contributed by atoms with Gasteiger partial charge < -0.3 is 14.8 Å². The predicted molar refractivity (Wildman–Crippen MR) is 117 cm³/mol. The number of sulfonamides is 1. The van der Waals surface area contributed by atoms with E-state index in [4.69, 9.17) is 9.47 Å². The molecule has 1 unspecified atom stereocenters. The van der Waals surface area contributed by atoms with E-state index in [0.29, 0.717) is 23.6 Å². The fraction of sp³-hybridized carbons (Fsp3) is 0.350. The molecule has 0 aliphatic rings. The second-order valence-corrected chi connectivity index (χ2v) is 9.21. The van der Waals surface area contributed by atoms with Crippen LogP contribution in [0.15, 0.2) is 46.9 Å². The molecule has 0 aromatic heterocycles. The number of nitrogens with zero attached hydrogens (tertiary/aromatic N) is 1. The van der Waals surface area contributed by atoms with Crippen molar-refractivity contribution in [2.75, 3.05) is 31.3 Å².